The van der Waals surface area contributed by atoms with Gasteiger partial charge in [0.25, 0.3) is 0 Å². The number of benzene rings is 17. The molecule has 0 bridgehead atoms. The van der Waals surface area contributed by atoms with E-state index in [1.165, 1.54) is 72.0 Å². The second-order valence-corrected chi connectivity index (χ2v) is 30.5. The van der Waals surface area contributed by atoms with Crippen molar-refractivity contribution in [1.82, 2.24) is 9.97 Å². The van der Waals surface area contributed by atoms with Crippen LogP contribution in [0.4, 0.5) is 34.1 Å². The molecule has 19 aromatic rings. The first-order valence-corrected chi connectivity index (χ1v) is 38.7. The van der Waals surface area contributed by atoms with Gasteiger partial charge in [-0.3, -0.25) is 0 Å². The van der Waals surface area contributed by atoms with E-state index in [0.29, 0.717) is 11.8 Å². The molecular weight excluding hydrogens is 1360 g/mol. The minimum Gasteiger partial charge on any atom is -0.440 e. The molecule has 2 heterocycles. The highest BCUT2D eigenvalue weighted by atomic mass is 16.4. The first-order valence-electron chi connectivity index (χ1n) is 38.7. The molecule has 2 aliphatic rings. The first kappa shape index (κ1) is 66.0. The Bertz CT molecular complexity index is 6830. The van der Waals surface area contributed by atoms with Crippen LogP contribution >= 0.6 is 0 Å². The third-order valence-corrected chi connectivity index (χ3v) is 23.3. The van der Waals surface area contributed by atoms with Crippen molar-refractivity contribution in [2.75, 3.05) is 9.80 Å². The monoisotopic (exact) mass is 1430 g/mol. The lowest BCUT2D eigenvalue weighted by atomic mass is 9.81. The Morgan fingerprint density at radius 3 is 1.24 bits per heavy atom. The summed E-state index contributed by atoms with van der Waals surface area (Å²) in [5.41, 5.74) is 32.3. The summed E-state index contributed by atoms with van der Waals surface area (Å²) in [6, 6.07) is 137. The van der Waals surface area contributed by atoms with E-state index in [1.54, 1.807) is 0 Å². The number of hydrogen-bond donors (Lipinski definition) is 0. The zero-order chi connectivity index (χ0) is 74.5. The first-order chi connectivity index (χ1) is 55.1. The summed E-state index contributed by atoms with van der Waals surface area (Å²) in [5, 5.41) is 6.90. The van der Waals surface area contributed by atoms with Crippen molar-refractivity contribution in [3.63, 3.8) is 0 Å². The van der Waals surface area contributed by atoms with Crippen molar-refractivity contribution in [3.05, 3.63) is 399 Å². The maximum atomic E-state index is 6.58. The van der Waals surface area contributed by atoms with Crippen LogP contribution in [0.1, 0.15) is 49.1 Å². The van der Waals surface area contributed by atoms with Gasteiger partial charge in [0.1, 0.15) is 17.0 Å². The molecule has 1 atom stereocenters. The molecule has 6 heteroatoms. The molecule has 2 aliphatic carbocycles. The van der Waals surface area contributed by atoms with Crippen LogP contribution in [0.25, 0.3) is 155 Å². The lowest BCUT2D eigenvalue weighted by Crippen LogP contribution is -2.16. The SMILES string of the molecule is CC1Cc2ccc3ccc(-c4ccc(N(c5ccc(-c6ccc(-c7ccc8c(c7)C(C)(C)c7cc(N(c9ccc(-c%10ccccc%10)cc9)c9ccc(-c%10ccc%11ccc%12ccc%13oc(-c%14ccccc%14)nc%13c%12c%11c%10)cc9)ccc7-8)cc6)cc5)c5cccc(-c6ccccc6)c5)cc4)cc3c2-c2nc(-c3ccccc3)oc21. The second kappa shape index (κ2) is 26.9. The molecule has 2 aromatic heterocycles. The van der Waals surface area contributed by atoms with E-state index in [1.807, 2.05) is 54.6 Å². The molecule has 112 heavy (non-hydrogen) atoms. The summed E-state index contributed by atoms with van der Waals surface area (Å²) >= 11 is 0. The molecule has 0 radical (unpaired) electrons. The predicted octanol–water partition coefficient (Wildman–Crippen LogP) is 29.2. The van der Waals surface area contributed by atoms with Crippen molar-refractivity contribution in [3.8, 4) is 112 Å². The normalized spacial score (nSPS) is 13.3. The Morgan fingerprint density at radius 2 is 0.679 bits per heavy atom. The quantitative estimate of drug-likeness (QED) is 0.101. The van der Waals surface area contributed by atoms with Crippen LogP contribution in [0, 0.1) is 0 Å². The lowest BCUT2D eigenvalue weighted by Gasteiger charge is -2.28. The molecule has 530 valence electrons. The molecule has 0 amide bonds. The number of nitrogens with zero attached hydrogens (tertiary/aromatic N) is 4. The molecule has 0 saturated heterocycles. The minimum atomic E-state index is -0.292. The van der Waals surface area contributed by atoms with Crippen LogP contribution in [0.5, 0.6) is 0 Å². The van der Waals surface area contributed by atoms with Gasteiger partial charge in [0.2, 0.25) is 11.8 Å². The summed E-state index contributed by atoms with van der Waals surface area (Å²) < 4.78 is 13.0. The highest BCUT2D eigenvalue weighted by Crippen LogP contribution is 2.53. The standard InChI is InChI=1S/C106H74N4O2/c1-67-61-85-38-34-77-33-37-83(64-95(77)100(85)102-103(67)112-105(108-102)80-23-14-7-15-24-80)75-43-53-87(54-44-75)109(90-26-16-25-81(62-90)69-19-10-5-11-20-69)86-51-41-72(42-52-86)70-27-29-73(30-28-70)84-47-58-92-93-59-57-91(66-97(93)106(2,3)96(92)65-84)110(88-49-39-71(40-50-88)68-17-8-4-9-18-68)89-55-45-74(46-56-89)82-36-32-76-31-35-78-48-60-98-101(99(78)94(76)63-82)107-104(111-98)79-21-12-6-13-22-79/h4-60,62-67H,61H2,1-3H3. The summed E-state index contributed by atoms with van der Waals surface area (Å²) in [7, 11) is 0. The Balaban J connectivity index is 0.566. The third-order valence-electron chi connectivity index (χ3n) is 23.3. The molecule has 0 spiro atoms. The lowest BCUT2D eigenvalue weighted by molar-refractivity contribution is 0.479. The summed E-state index contributed by atoms with van der Waals surface area (Å²) in [6.07, 6.45) is 0.901. The fourth-order valence-electron chi connectivity index (χ4n) is 17.5. The van der Waals surface area contributed by atoms with Gasteiger partial charge in [0.05, 0.1) is 0 Å². The number of hydrogen-bond acceptors (Lipinski definition) is 6. The van der Waals surface area contributed by atoms with Crippen molar-refractivity contribution in [1.29, 1.82) is 0 Å². The predicted molar refractivity (Wildman–Crippen MR) is 465 cm³/mol. The average molecular weight is 1440 g/mol. The van der Waals surface area contributed by atoms with E-state index in [-0.39, 0.29) is 11.3 Å². The Kier molecular flexibility index (Phi) is 15.8. The maximum absolute atomic E-state index is 6.58. The zero-order valence-electron chi connectivity index (χ0n) is 62.2. The van der Waals surface area contributed by atoms with Crippen LogP contribution in [-0.4, -0.2) is 9.97 Å². The molecule has 0 fully saturated rings. The number of rotatable bonds is 14. The summed E-state index contributed by atoms with van der Waals surface area (Å²) in [4.78, 5) is 15.1. The van der Waals surface area contributed by atoms with Gasteiger partial charge in [-0.05, 0) is 249 Å². The van der Waals surface area contributed by atoms with Crippen molar-refractivity contribution in [2.24, 2.45) is 0 Å². The number of anilines is 6. The third kappa shape index (κ3) is 11.6. The van der Waals surface area contributed by atoms with Gasteiger partial charge in [-0.15, -0.1) is 0 Å². The van der Waals surface area contributed by atoms with Gasteiger partial charge in [-0.1, -0.05) is 276 Å². The largest absolute Gasteiger partial charge is 0.440 e. The summed E-state index contributed by atoms with van der Waals surface area (Å²) in [6.45, 7) is 7.02. The summed E-state index contributed by atoms with van der Waals surface area (Å²) in [5.74, 6) is 2.48. The molecule has 0 aliphatic heterocycles. The van der Waals surface area contributed by atoms with Crippen LogP contribution in [0.2, 0.25) is 0 Å². The van der Waals surface area contributed by atoms with Crippen molar-refractivity contribution < 1.29 is 8.83 Å². The fourth-order valence-corrected chi connectivity index (χ4v) is 17.5. The van der Waals surface area contributed by atoms with Crippen LogP contribution in [-0.2, 0) is 11.8 Å². The van der Waals surface area contributed by atoms with E-state index in [0.717, 1.165) is 135 Å². The van der Waals surface area contributed by atoms with Gasteiger partial charge < -0.3 is 18.6 Å². The van der Waals surface area contributed by atoms with Crippen molar-refractivity contribution in [2.45, 2.75) is 38.5 Å². The molecule has 6 nitrogen and oxygen atoms in total. The molecular formula is C106H74N4O2. The average Bonchev–Trinajstić information content (AvgIpc) is 0.968. The maximum Gasteiger partial charge on any atom is 0.227 e. The minimum absolute atomic E-state index is 0.223. The van der Waals surface area contributed by atoms with Gasteiger partial charge in [-0.25, -0.2) is 9.97 Å². The van der Waals surface area contributed by atoms with E-state index in [9.17, 15) is 0 Å². The molecule has 0 N–H and O–H groups in total. The number of fused-ring (bicyclic) bond motifs is 13. The topological polar surface area (TPSA) is 58.5 Å². The van der Waals surface area contributed by atoms with Gasteiger partial charge in [0.15, 0.2) is 5.58 Å². The van der Waals surface area contributed by atoms with Gasteiger partial charge >= 0.3 is 0 Å². The Labute approximate surface area is 651 Å². The highest BCUT2D eigenvalue weighted by Gasteiger charge is 2.37. The van der Waals surface area contributed by atoms with E-state index < -0.39 is 0 Å². The fraction of sp³-hybridized carbons (Fsp3) is 0.0566. The number of aromatic nitrogens is 2. The van der Waals surface area contributed by atoms with Gasteiger partial charge in [-0.2, -0.15) is 0 Å². The smallest absolute Gasteiger partial charge is 0.227 e. The van der Waals surface area contributed by atoms with E-state index in [4.69, 9.17) is 18.8 Å². The highest BCUT2D eigenvalue weighted by molar-refractivity contribution is 6.19. The number of oxazole rings is 2. The molecule has 0 saturated carbocycles. The van der Waals surface area contributed by atoms with E-state index in [2.05, 4.69) is 352 Å². The molecule has 1 unspecified atom stereocenters. The van der Waals surface area contributed by atoms with Gasteiger partial charge in [0, 0.05) is 67.5 Å². The van der Waals surface area contributed by atoms with Crippen molar-refractivity contribution >= 4 is 77.5 Å². The molecule has 21 rings (SSSR count). The Morgan fingerprint density at radius 1 is 0.304 bits per heavy atom. The van der Waals surface area contributed by atoms with Crippen LogP contribution in [0.3, 0.4) is 0 Å². The molecule has 17 aromatic carbocycles. The Hall–Kier alpha value is -14.2. The van der Waals surface area contributed by atoms with E-state index >= 15 is 0 Å². The second-order valence-electron chi connectivity index (χ2n) is 30.5. The van der Waals surface area contributed by atoms with Crippen LogP contribution < -0.4 is 9.80 Å². The van der Waals surface area contributed by atoms with Crippen LogP contribution in [0.15, 0.2) is 385 Å². The zero-order valence-corrected chi connectivity index (χ0v) is 62.2.